The van der Waals surface area contributed by atoms with Crippen molar-refractivity contribution in [3.63, 3.8) is 0 Å². The maximum Gasteiger partial charge on any atom is 0.224 e. The Balaban J connectivity index is 1.79. The summed E-state index contributed by atoms with van der Waals surface area (Å²) < 4.78 is 0. The molecule has 1 atom stereocenters. The number of aryl methyl sites for hydroxylation is 1. The number of anilines is 2. The van der Waals surface area contributed by atoms with Crippen molar-refractivity contribution in [3.05, 3.63) is 58.6 Å². The number of amides is 1. The van der Waals surface area contributed by atoms with Crippen LogP contribution in [0.5, 0.6) is 0 Å². The molecule has 1 unspecified atom stereocenters. The van der Waals surface area contributed by atoms with Gasteiger partial charge in [0.15, 0.2) is 0 Å². The summed E-state index contributed by atoms with van der Waals surface area (Å²) >= 11 is 6.23. The van der Waals surface area contributed by atoms with Crippen LogP contribution in [0.2, 0.25) is 5.02 Å². The van der Waals surface area contributed by atoms with Crippen LogP contribution in [0.4, 0.5) is 11.4 Å². The molecule has 3 rings (SSSR count). The second kappa shape index (κ2) is 5.78. The van der Waals surface area contributed by atoms with Crippen molar-refractivity contribution in [3.8, 4) is 0 Å². The molecule has 2 aromatic rings. The van der Waals surface area contributed by atoms with Crippen molar-refractivity contribution in [1.29, 1.82) is 0 Å². The molecule has 21 heavy (non-hydrogen) atoms. The summed E-state index contributed by atoms with van der Waals surface area (Å²) in [6.07, 6.45) is 1.34. The number of nitrogens with one attached hydrogen (secondary N) is 2. The first-order valence-electron chi connectivity index (χ1n) is 7.07. The number of hydrogen-bond donors (Lipinski definition) is 2. The Kier molecular flexibility index (Phi) is 3.84. The lowest BCUT2D eigenvalue weighted by atomic mass is 10.0. The average molecular weight is 301 g/mol. The average Bonchev–Trinajstić information content (AvgIpc) is 2.48. The van der Waals surface area contributed by atoms with E-state index in [1.165, 1.54) is 5.56 Å². The first-order valence-corrected chi connectivity index (χ1v) is 7.45. The summed E-state index contributed by atoms with van der Waals surface area (Å²) in [6.45, 7) is 2.09. The molecular weight excluding hydrogens is 284 g/mol. The quantitative estimate of drug-likeness (QED) is 0.882. The summed E-state index contributed by atoms with van der Waals surface area (Å²) in [4.78, 5) is 11.4. The topological polar surface area (TPSA) is 41.1 Å². The number of carbonyl (C=O) groups excluding carboxylic acids is 1. The molecule has 0 radical (unpaired) electrons. The largest absolute Gasteiger partial charge is 0.378 e. The third kappa shape index (κ3) is 3.03. The van der Waals surface area contributed by atoms with Gasteiger partial charge in [0.25, 0.3) is 0 Å². The van der Waals surface area contributed by atoms with E-state index in [2.05, 4.69) is 23.6 Å². The van der Waals surface area contributed by atoms with Gasteiger partial charge < -0.3 is 10.6 Å². The summed E-state index contributed by atoms with van der Waals surface area (Å²) in [5, 5.41) is 7.12. The van der Waals surface area contributed by atoms with E-state index in [4.69, 9.17) is 11.6 Å². The Bertz CT molecular complexity index is 684. The molecule has 0 saturated carbocycles. The molecule has 108 valence electrons. The van der Waals surface area contributed by atoms with Crippen molar-refractivity contribution >= 4 is 28.9 Å². The van der Waals surface area contributed by atoms with Gasteiger partial charge in [-0.1, -0.05) is 29.8 Å². The monoisotopic (exact) mass is 300 g/mol. The van der Waals surface area contributed by atoms with Gasteiger partial charge >= 0.3 is 0 Å². The molecule has 0 aliphatic carbocycles. The predicted octanol–water partition coefficient (Wildman–Crippen LogP) is 4.40. The highest BCUT2D eigenvalue weighted by molar-refractivity contribution is 6.31. The summed E-state index contributed by atoms with van der Waals surface area (Å²) in [6, 6.07) is 14.0. The highest BCUT2D eigenvalue weighted by Gasteiger charge is 2.15. The standard InChI is InChI=1S/C17H17ClN2O/c1-11(14-4-2-3-5-15(14)18)19-13-7-8-16-12(10-13)6-9-17(21)20-16/h2-5,7-8,10-11,19H,6,9H2,1H3,(H,20,21). The van der Waals surface area contributed by atoms with E-state index in [9.17, 15) is 4.79 Å². The van der Waals surface area contributed by atoms with Gasteiger partial charge in [-0.15, -0.1) is 0 Å². The lowest BCUT2D eigenvalue weighted by molar-refractivity contribution is -0.116. The number of carbonyl (C=O) groups is 1. The van der Waals surface area contributed by atoms with Crippen LogP contribution in [0.15, 0.2) is 42.5 Å². The van der Waals surface area contributed by atoms with E-state index in [0.29, 0.717) is 6.42 Å². The van der Waals surface area contributed by atoms with Crippen LogP contribution >= 0.6 is 11.6 Å². The number of benzene rings is 2. The Morgan fingerprint density at radius 3 is 2.81 bits per heavy atom. The van der Waals surface area contributed by atoms with Gasteiger partial charge in [-0.3, -0.25) is 4.79 Å². The van der Waals surface area contributed by atoms with Gasteiger partial charge in [-0.25, -0.2) is 0 Å². The molecular formula is C17H17ClN2O. The fraction of sp³-hybridized carbons (Fsp3) is 0.235. The normalized spacial score (nSPS) is 15.0. The van der Waals surface area contributed by atoms with Crippen molar-refractivity contribution in [1.82, 2.24) is 0 Å². The van der Waals surface area contributed by atoms with E-state index in [-0.39, 0.29) is 11.9 Å². The predicted molar refractivity (Wildman–Crippen MR) is 86.9 cm³/mol. The van der Waals surface area contributed by atoms with Gasteiger partial charge in [0.1, 0.15) is 0 Å². The first-order chi connectivity index (χ1) is 10.1. The Labute approximate surface area is 129 Å². The van der Waals surface area contributed by atoms with Crippen LogP contribution in [0, 0.1) is 0 Å². The number of hydrogen-bond acceptors (Lipinski definition) is 2. The fourth-order valence-corrected chi connectivity index (χ4v) is 2.93. The molecule has 2 aromatic carbocycles. The molecule has 3 nitrogen and oxygen atoms in total. The van der Waals surface area contributed by atoms with Crippen LogP contribution in [0.1, 0.15) is 30.5 Å². The number of fused-ring (bicyclic) bond motifs is 1. The maximum atomic E-state index is 11.4. The second-order valence-electron chi connectivity index (χ2n) is 5.31. The van der Waals surface area contributed by atoms with Crippen LogP contribution in [-0.2, 0) is 11.2 Å². The minimum Gasteiger partial charge on any atom is -0.378 e. The third-order valence-corrected chi connectivity index (χ3v) is 4.10. The lowest BCUT2D eigenvalue weighted by Gasteiger charge is -2.21. The lowest BCUT2D eigenvalue weighted by Crippen LogP contribution is -2.19. The van der Waals surface area contributed by atoms with Crippen LogP contribution in [0.25, 0.3) is 0 Å². The van der Waals surface area contributed by atoms with Crippen LogP contribution < -0.4 is 10.6 Å². The van der Waals surface area contributed by atoms with Gasteiger partial charge in [-0.2, -0.15) is 0 Å². The third-order valence-electron chi connectivity index (χ3n) is 3.76. The van der Waals surface area contributed by atoms with Gasteiger partial charge in [-0.05, 0) is 48.7 Å². The maximum absolute atomic E-state index is 11.4. The van der Waals surface area contributed by atoms with E-state index in [1.54, 1.807) is 0 Å². The SMILES string of the molecule is CC(Nc1ccc2c(c1)CCC(=O)N2)c1ccccc1Cl. The molecule has 0 aromatic heterocycles. The molecule has 1 aliphatic rings. The summed E-state index contributed by atoms with van der Waals surface area (Å²) in [5.74, 6) is 0.0904. The fourth-order valence-electron chi connectivity index (χ4n) is 2.63. The zero-order valence-electron chi connectivity index (χ0n) is 11.8. The second-order valence-corrected chi connectivity index (χ2v) is 5.71. The molecule has 1 aliphatic heterocycles. The molecule has 1 heterocycles. The number of halogens is 1. The summed E-state index contributed by atoms with van der Waals surface area (Å²) in [7, 11) is 0. The van der Waals surface area contributed by atoms with Crippen LogP contribution in [0.3, 0.4) is 0 Å². The Morgan fingerprint density at radius 1 is 1.19 bits per heavy atom. The molecule has 0 spiro atoms. The van der Waals surface area contributed by atoms with Crippen molar-refractivity contribution in [2.45, 2.75) is 25.8 Å². The molecule has 0 fully saturated rings. The smallest absolute Gasteiger partial charge is 0.224 e. The molecule has 0 saturated heterocycles. The van der Waals surface area contributed by atoms with Crippen molar-refractivity contribution in [2.24, 2.45) is 0 Å². The van der Waals surface area contributed by atoms with Crippen LogP contribution in [-0.4, -0.2) is 5.91 Å². The number of rotatable bonds is 3. The zero-order valence-corrected chi connectivity index (χ0v) is 12.6. The highest BCUT2D eigenvalue weighted by Crippen LogP contribution is 2.29. The van der Waals surface area contributed by atoms with E-state index >= 15 is 0 Å². The van der Waals surface area contributed by atoms with E-state index in [1.807, 2.05) is 36.4 Å². The van der Waals surface area contributed by atoms with Gasteiger partial charge in [0.2, 0.25) is 5.91 Å². The van der Waals surface area contributed by atoms with Gasteiger partial charge in [0.05, 0.1) is 0 Å². The minimum absolute atomic E-state index is 0.0904. The highest BCUT2D eigenvalue weighted by atomic mass is 35.5. The first kappa shape index (κ1) is 14.0. The zero-order chi connectivity index (χ0) is 14.8. The Morgan fingerprint density at radius 2 is 2.00 bits per heavy atom. The van der Waals surface area contributed by atoms with Crippen molar-refractivity contribution in [2.75, 3.05) is 10.6 Å². The minimum atomic E-state index is 0.0904. The molecule has 0 bridgehead atoms. The summed E-state index contributed by atoms with van der Waals surface area (Å²) in [5.41, 5.74) is 4.20. The Hall–Kier alpha value is -2.00. The molecule has 2 N–H and O–H groups in total. The van der Waals surface area contributed by atoms with Crippen molar-refractivity contribution < 1.29 is 4.79 Å². The van der Waals surface area contributed by atoms with E-state index in [0.717, 1.165) is 28.4 Å². The van der Waals surface area contributed by atoms with E-state index < -0.39 is 0 Å². The van der Waals surface area contributed by atoms with Gasteiger partial charge in [0, 0.05) is 28.9 Å². The molecule has 1 amide bonds. The molecule has 4 heteroatoms.